The Hall–Kier alpha value is -5.08. The van der Waals surface area contributed by atoms with Crippen LogP contribution in [0.3, 0.4) is 0 Å². The van der Waals surface area contributed by atoms with Crippen LogP contribution >= 0.6 is 0 Å². The molecule has 0 saturated heterocycles. The molecule has 0 atom stereocenters. The van der Waals surface area contributed by atoms with Gasteiger partial charge in [-0.25, -0.2) is 0 Å². The van der Waals surface area contributed by atoms with E-state index >= 15 is 0 Å². The van der Waals surface area contributed by atoms with Crippen molar-refractivity contribution in [2.45, 2.75) is 0 Å². The summed E-state index contributed by atoms with van der Waals surface area (Å²) in [7, 11) is 0. The maximum Gasteiger partial charge on any atom is 0.0782 e. The zero-order valence-electron chi connectivity index (χ0n) is 30.0. The topological polar surface area (TPSA) is 9.86 Å². The van der Waals surface area contributed by atoms with Gasteiger partial charge in [-0.1, -0.05) is 109 Å². The van der Waals surface area contributed by atoms with Gasteiger partial charge in [-0.3, -0.25) is 0 Å². The number of benzene rings is 6. The summed E-state index contributed by atoms with van der Waals surface area (Å²) in [6.45, 7) is 0. The number of nitrogens with zero attached hydrogens (tertiary/aromatic N) is 2. The van der Waals surface area contributed by atoms with Crippen molar-refractivity contribution in [3.63, 3.8) is 0 Å². The van der Waals surface area contributed by atoms with Gasteiger partial charge in [0.25, 0.3) is 0 Å². The molecule has 0 unspecified atom stereocenters. The summed E-state index contributed by atoms with van der Waals surface area (Å²) in [5, 5.41) is 2.03. The van der Waals surface area contributed by atoms with Gasteiger partial charge < -0.3 is 9.13 Å². The molecule has 38 heavy (non-hydrogen) atoms. The molecule has 8 rings (SSSR count). The highest BCUT2D eigenvalue weighted by Gasteiger charge is 2.19. The summed E-state index contributed by atoms with van der Waals surface area (Å²) < 4.78 is 90.6. The monoisotopic (exact) mass is 494 g/mol. The first kappa shape index (κ1) is 13.5. The van der Waals surface area contributed by atoms with Crippen molar-refractivity contribution in [1.82, 2.24) is 9.13 Å². The Morgan fingerprint density at radius 2 is 1.08 bits per heavy atom. The Labute approximate surface area is 234 Å². The van der Waals surface area contributed by atoms with Crippen molar-refractivity contribution in [1.29, 1.82) is 0 Å². The maximum atomic E-state index is 9.31. The van der Waals surface area contributed by atoms with Crippen LogP contribution in [0.2, 0.25) is 0 Å². The first-order chi connectivity index (χ1) is 23.0. The molecule has 0 aliphatic heterocycles. The summed E-state index contributed by atoms with van der Waals surface area (Å²) in [5.74, 6) is 0. The molecule has 2 heterocycles. The van der Waals surface area contributed by atoms with Crippen LogP contribution in [0, 0.1) is 0 Å². The Morgan fingerprint density at radius 1 is 0.421 bits per heavy atom. The normalized spacial score (nSPS) is 15.4. The van der Waals surface area contributed by atoms with E-state index < -0.39 is 12.1 Å². The first-order valence-corrected chi connectivity index (χ1v) is 12.2. The SMILES string of the molecule is [2H]c1cc([2H])c(-c2ccc(-n3c4c([2H])c([2H])c([2H])c([2H])c4c4c([2H])c([2H])c([2H])c(-n5c6ccccc6c6ccccc65)c43)cc2)c([2H])c1. The predicted octanol–water partition coefficient (Wildman–Crippen LogP) is 9.55. The molecule has 2 aromatic heterocycles. The summed E-state index contributed by atoms with van der Waals surface area (Å²) in [6.07, 6.45) is 0. The minimum absolute atomic E-state index is 0.0283. The van der Waals surface area contributed by atoms with Crippen molar-refractivity contribution >= 4 is 43.6 Å². The van der Waals surface area contributed by atoms with Crippen molar-refractivity contribution in [2.75, 3.05) is 0 Å². The highest BCUT2D eigenvalue weighted by Crippen LogP contribution is 2.39. The molecule has 0 spiro atoms. The van der Waals surface area contributed by atoms with E-state index in [4.69, 9.17) is 12.3 Å². The highest BCUT2D eigenvalue weighted by atomic mass is 15.1. The molecular weight excluding hydrogens is 460 g/mol. The van der Waals surface area contributed by atoms with E-state index in [-0.39, 0.29) is 75.8 Å². The average Bonchev–Trinajstić information content (AvgIpc) is 3.60. The van der Waals surface area contributed by atoms with Crippen LogP contribution in [0.15, 0.2) is 145 Å². The molecule has 2 nitrogen and oxygen atoms in total. The number of rotatable bonds is 3. The van der Waals surface area contributed by atoms with Gasteiger partial charge in [0, 0.05) is 27.2 Å². The van der Waals surface area contributed by atoms with E-state index in [1.807, 2.05) is 53.1 Å². The summed E-state index contributed by atoms with van der Waals surface area (Å²) in [5.41, 5.74) is 3.49. The van der Waals surface area contributed by atoms with Crippen LogP contribution in [0.25, 0.3) is 66.1 Å². The van der Waals surface area contributed by atoms with Gasteiger partial charge in [0.2, 0.25) is 0 Å². The largest absolute Gasteiger partial charge is 0.307 e. The third-order valence-electron chi connectivity index (χ3n) is 7.01. The van der Waals surface area contributed by atoms with E-state index in [0.717, 1.165) is 21.8 Å². The van der Waals surface area contributed by atoms with Gasteiger partial charge >= 0.3 is 0 Å². The van der Waals surface area contributed by atoms with Gasteiger partial charge in [0.05, 0.1) is 41.5 Å². The molecule has 0 fully saturated rings. The molecule has 2 heteroatoms. The zero-order chi connectivity index (χ0) is 33.8. The lowest BCUT2D eigenvalue weighted by molar-refractivity contribution is 1.13. The van der Waals surface area contributed by atoms with E-state index in [1.165, 1.54) is 12.1 Å². The summed E-state index contributed by atoms with van der Waals surface area (Å²) in [4.78, 5) is 0. The molecule has 0 aliphatic carbocycles. The highest BCUT2D eigenvalue weighted by molar-refractivity contribution is 6.15. The third-order valence-corrected chi connectivity index (χ3v) is 7.01. The van der Waals surface area contributed by atoms with Gasteiger partial charge in [0.15, 0.2) is 0 Å². The molecule has 8 aromatic rings. The lowest BCUT2D eigenvalue weighted by atomic mass is 10.1. The average molecular weight is 495 g/mol. The fourth-order valence-electron chi connectivity index (χ4n) is 5.39. The number of hydrogen-bond acceptors (Lipinski definition) is 0. The van der Waals surface area contributed by atoms with Crippen LogP contribution in [0.4, 0.5) is 0 Å². The lowest BCUT2D eigenvalue weighted by Gasteiger charge is -2.14. The lowest BCUT2D eigenvalue weighted by Crippen LogP contribution is -2.00. The van der Waals surface area contributed by atoms with Crippen molar-refractivity contribution in [2.24, 2.45) is 0 Å². The van der Waals surface area contributed by atoms with Crippen molar-refractivity contribution in [3.05, 3.63) is 145 Å². The second kappa shape index (κ2) is 8.22. The molecule has 0 amide bonds. The minimum Gasteiger partial charge on any atom is -0.307 e. The van der Waals surface area contributed by atoms with E-state index in [0.29, 0.717) is 16.8 Å². The third kappa shape index (κ3) is 3.01. The van der Waals surface area contributed by atoms with Crippen LogP contribution < -0.4 is 0 Å². The molecule has 6 aromatic carbocycles. The quantitative estimate of drug-likeness (QED) is 0.231. The molecule has 178 valence electrons. The second-order valence-electron chi connectivity index (χ2n) is 9.04. The van der Waals surface area contributed by atoms with Gasteiger partial charge in [-0.15, -0.1) is 0 Å². The fourth-order valence-corrected chi connectivity index (χ4v) is 5.39. The van der Waals surface area contributed by atoms with Crippen LogP contribution in [0.1, 0.15) is 13.7 Å². The fraction of sp³-hybridized carbons (Fsp3) is 0. The minimum atomic E-state index is -0.468. The van der Waals surface area contributed by atoms with Gasteiger partial charge in [0.1, 0.15) is 0 Å². The summed E-state index contributed by atoms with van der Waals surface area (Å²) in [6, 6.07) is 22.5. The van der Waals surface area contributed by atoms with E-state index in [2.05, 4.69) is 0 Å². The molecule has 0 bridgehead atoms. The zero-order valence-corrected chi connectivity index (χ0v) is 20.0. The molecule has 0 N–H and O–H groups in total. The predicted molar refractivity (Wildman–Crippen MR) is 161 cm³/mol. The maximum absolute atomic E-state index is 9.31. The van der Waals surface area contributed by atoms with Crippen LogP contribution in [-0.2, 0) is 0 Å². The molecule has 0 aliphatic rings. The number of hydrogen-bond donors (Lipinski definition) is 0. The summed E-state index contributed by atoms with van der Waals surface area (Å²) >= 11 is 0. The smallest absolute Gasteiger partial charge is 0.0782 e. The Kier molecular flexibility index (Phi) is 2.91. The number of fused-ring (bicyclic) bond motifs is 6. The second-order valence-corrected chi connectivity index (χ2v) is 9.04. The molecule has 0 radical (unpaired) electrons. The van der Waals surface area contributed by atoms with E-state index in [9.17, 15) is 1.37 Å². The Bertz CT molecular complexity index is 2600. The standard InChI is InChI=1S/C36H24N2/c1-2-11-25(12-3-1)26-21-23-27(24-22-26)37-32-17-7-6-15-30(32)31-16-10-20-35(36(31)37)38-33-18-8-4-13-28(33)29-14-5-9-19-34(29)38/h1-24H/i1D,6D,7D,10D,11D,12D,15D,16D,17D,20D. The van der Waals surface area contributed by atoms with Gasteiger partial charge in [-0.2, -0.15) is 0 Å². The molecular formula is C36H24N2. The molecule has 0 saturated carbocycles. The number of aromatic nitrogens is 2. The van der Waals surface area contributed by atoms with Crippen molar-refractivity contribution in [3.8, 4) is 22.5 Å². The van der Waals surface area contributed by atoms with Gasteiger partial charge in [-0.05, 0) is 47.5 Å². The Morgan fingerprint density at radius 3 is 1.82 bits per heavy atom. The van der Waals surface area contributed by atoms with Crippen molar-refractivity contribution < 1.29 is 13.7 Å². The first-order valence-electron chi connectivity index (χ1n) is 17.2. The van der Waals surface area contributed by atoms with Crippen LogP contribution in [-0.4, -0.2) is 9.13 Å². The van der Waals surface area contributed by atoms with Crippen LogP contribution in [0.5, 0.6) is 0 Å². The van der Waals surface area contributed by atoms with E-state index in [1.54, 1.807) is 28.8 Å². The number of para-hydroxylation sites is 4. The Balaban J connectivity index is 1.58.